The number of rotatable bonds is 2. The lowest BCUT2D eigenvalue weighted by atomic mass is 9.86. The lowest BCUT2D eigenvalue weighted by molar-refractivity contribution is 0.587. The molecule has 20 heavy (non-hydrogen) atoms. The van der Waals surface area contributed by atoms with E-state index in [0.29, 0.717) is 10.0 Å². The Morgan fingerprint density at radius 3 is 2.15 bits per heavy atom. The maximum atomic E-state index is 13.9. The molecular weight excluding hydrogens is 317 g/mol. The second kappa shape index (κ2) is 5.66. The molecule has 0 fully saturated rings. The molecule has 0 spiro atoms. The van der Waals surface area contributed by atoms with E-state index in [1.807, 2.05) is 18.2 Å². The van der Waals surface area contributed by atoms with Crippen LogP contribution in [0.2, 0.25) is 0 Å². The third kappa shape index (κ3) is 3.10. The van der Waals surface area contributed by atoms with Crippen LogP contribution < -0.4 is 5.73 Å². The molecule has 0 aliphatic heterocycles. The number of halogens is 2. The summed E-state index contributed by atoms with van der Waals surface area (Å²) in [7, 11) is 0. The van der Waals surface area contributed by atoms with Crippen LogP contribution in [-0.4, -0.2) is 0 Å². The van der Waals surface area contributed by atoms with Gasteiger partial charge in [-0.2, -0.15) is 0 Å². The molecule has 106 valence electrons. The highest BCUT2D eigenvalue weighted by atomic mass is 79.9. The van der Waals surface area contributed by atoms with Gasteiger partial charge in [-0.15, -0.1) is 0 Å². The molecule has 1 unspecified atom stereocenters. The van der Waals surface area contributed by atoms with Gasteiger partial charge in [-0.3, -0.25) is 0 Å². The topological polar surface area (TPSA) is 26.0 Å². The molecule has 1 nitrogen and oxygen atoms in total. The van der Waals surface area contributed by atoms with Gasteiger partial charge in [-0.25, -0.2) is 4.39 Å². The van der Waals surface area contributed by atoms with E-state index >= 15 is 0 Å². The monoisotopic (exact) mass is 335 g/mol. The minimum atomic E-state index is -0.473. The SMILES string of the molecule is CC(C)(C)c1ccc(C(N)c2c(F)cccc2Br)cc1. The maximum absolute atomic E-state index is 13.9. The van der Waals surface area contributed by atoms with Crippen LogP contribution in [0.15, 0.2) is 46.9 Å². The number of nitrogens with two attached hydrogens (primary N) is 1. The van der Waals surface area contributed by atoms with E-state index in [1.54, 1.807) is 6.07 Å². The van der Waals surface area contributed by atoms with Gasteiger partial charge in [0.2, 0.25) is 0 Å². The fourth-order valence-electron chi connectivity index (χ4n) is 2.16. The van der Waals surface area contributed by atoms with Crippen LogP contribution in [0.4, 0.5) is 4.39 Å². The molecule has 0 amide bonds. The Bertz CT molecular complexity index is 579. The molecule has 2 rings (SSSR count). The summed E-state index contributed by atoms with van der Waals surface area (Å²) in [6, 6.07) is 12.5. The van der Waals surface area contributed by atoms with Crippen LogP contribution in [0.1, 0.15) is 43.5 Å². The molecule has 0 aliphatic rings. The summed E-state index contributed by atoms with van der Waals surface area (Å²) in [4.78, 5) is 0. The second-order valence-corrected chi connectivity index (χ2v) is 6.84. The number of hydrogen-bond acceptors (Lipinski definition) is 1. The van der Waals surface area contributed by atoms with Crippen LogP contribution >= 0.6 is 15.9 Å². The molecule has 0 aliphatic carbocycles. The van der Waals surface area contributed by atoms with Crippen LogP contribution in [-0.2, 0) is 5.41 Å². The minimum absolute atomic E-state index is 0.0984. The van der Waals surface area contributed by atoms with Gasteiger partial charge in [0, 0.05) is 10.0 Å². The summed E-state index contributed by atoms with van der Waals surface area (Å²) in [5.41, 5.74) is 8.95. The summed E-state index contributed by atoms with van der Waals surface area (Å²) in [5, 5.41) is 0. The normalized spacial score (nSPS) is 13.3. The molecule has 0 saturated heterocycles. The lowest BCUT2D eigenvalue weighted by Gasteiger charge is -2.21. The van der Waals surface area contributed by atoms with Crippen LogP contribution in [0.5, 0.6) is 0 Å². The first-order chi connectivity index (χ1) is 9.30. The van der Waals surface area contributed by atoms with Crippen molar-refractivity contribution in [2.75, 3.05) is 0 Å². The molecule has 0 heterocycles. The molecule has 2 aromatic rings. The zero-order valence-electron chi connectivity index (χ0n) is 12.0. The molecule has 0 aromatic heterocycles. The van der Waals surface area contributed by atoms with E-state index in [4.69, 9.17) is 5.73 Å². The summed E-state index contributed by atoms with van der Waals surface area (Å²) >= 11 is 3.37. The molecule has 0 bridgehead atoms. The van der Waals surface area contributed by atoms with Crippen molar-refractivity contribution >= 4 is 15.9 Å². The second-order valence-electron chi connectivity index (χ2n) is 5.99. The van der Waals surface area contributed by atoms with Crippen LogP contribution in [0, 0.1) is 5.82 Å². The number of hydrogen-bond donors (Lipinski definition) is 1. The predicted molar refractivity (Wildman–Crippen MR) is 85.3 cm³/mol. The Morgan fingerprint density at radius 2 is 1.65 bits per heavy atom. The van der Waals surface area contributed by atoms with E-state index in [-0.39, 0.29) is 11.2 Å². The van der Waals surface area contributed by atoms with Gasteiger partial charge in [0.05, 0.1) is 6.04 Å². The van der Waals surface area contributed by atoms with Gasteiger partial charge in [0.1, 0.15) is 5.82 Å². The summed E-state index contributed by atoms with van der Waals surface area (Å²) in [6.07, 6.45) is 0. The van der Waals surface area contributed by atoms with Crippen molar-refractivity contribution in [2.45, 2.75) is 32.2 Å². The predicted octanol–water partition coefficient (Wildman–Crippen LogP) is 4.93. The standard InChI is InChI=1S/C17H19BrFN/c1-17(2,3)12-9-7-11(8-10-12)16(20)15-13(18)5-4-6-14(15)19/h4-10,16H,20H2,1-3H3. The Hall–Kier alpha value is -1.19. The Morgan fingerprint density at radius 1 is 1.05 bits per heavy atom. The third-order valence-corrected chi connectivity index (χ3v) is 4.14. The number of benzene rings is 2. The fraction of sp³-hybridized carbons (Fsp3) is 0.294. The van der Waals surface area contributed by atoms with Crippen molar-refractivity contribution in [1.82, 2.24) is 0 Å². The summed E-state index contributed by atoms with van der Waals surface area (Å²) in [5.74, 6) is -0.285. The summed E-state index contributed by atoms with van der Waals surface area (Å²) in [6.45, 7) is 6.49. The molecule has 2 N–H and O–H groups in total. The molecule has 0 radical (unpaired) electrons. The average molecular weight is 336 g/mol. The molecule has 2 aromatic carbocycles. The van der Waals surface area contributed by atoms with Gasteiger partial charge in [0.15, 0.2) is 0 Å². The maximum Gasteiger partial charge on any atom is 0.129 e. The first kappa shape index (κ1) is 15.2. The van der Waals surface area contributed by atoms with Gasteiger partial charge in [-0.05, 0) is 28.7 Å². The van der Waals surface area contributed by atoms with Crippen molar-refractivity contribution in [1.29, 1.82) is 0 Å². The lowest BCUT2D eigenvalue weighted by Crippen LogP contribution is -2.16. The highest BCUT2D eigenvalue weighted by Gasteiger charge is 2.18. The van der Waals surface area contributed by atoms with Gasteiger partial charge >= 0.3 is 0 Å². The van der Waals surface area contributed by atoms with Crippen LogP contribution in [0.3, 0.4) is 0 Å². The highest BCUT2D eigenvalue weighted by Crippen LogP contribution is 2.30. The zero-order valence-corrected chi connectivity index (χ0v) is 13.5. The Kier molecular flexibility index (Phi) is 4.31. The Labute approximate surface area is 128 Å². The van der Waals surface area contributed by atoms with Gasteiger partial charge in [0.25, 0.3) is 0 Å². The van der Waals surface area contributed by atoms with E-state index in [2.05, 4.69) is 48.8 Å². The molecule has 0 saturated carbocycles. The largest absolute Gasteiger partial charge is 0.320 e. The van der Waals surface area contributed by atoms with Gasteiger partial charge < -0.3 is 5.73 Å². The zero-order chi connectivity index (χ0) is 14.9. The van der Waals surface area contributed by atoms with E-state index < -0.39 is 6.04 Å². The Balaban J connectivity index is 2.37. The van der Waals surface area contributed by atoms with Crippen molar-refractivity contribution < 1.29 is 4.39 Å². The average Bonchev–Trinajstić information content (AvgIpc) is 2.37. The van der Waals surface area contributed by atoms with E-state index in [1.165, 1.54) is 11.6 Å². The third-order valence-electron chi connectivity index (χ3n) is 3.45. The van der Waals surface area contributed by atoms with Crippen LogP contribution in [0.25, 0.3) is 0 Å². The quantitative estimate of drug-likeness (QED) is 0.826. The van der Waals surface area contributed by atoms with E-state index in [0.717, 1.165) is 5.56 Å². The molecular formula is C17H19BrFN. The smallest absolute Gasteiger partial charge is 0.129 e. The van der Waals surface area contributed by atoms with Crippen molar-refractivity contribution in [3.05, 3.63) is 69.4 Å². The first-order valence-corrected chi connectivity index (χ1v) is 7.40. The molecule has 1 atom stereocenters. The van der Waals surface area contributed by atoms with Gasteiger partial charge in [-0.1, -0.05) is 67.0 Å². The molecule has 3 heteroatoms. The summed E-state index contributed by atoms with van der Waals surface area (Å²) < 4.78 is 14.6. The van der Waals surface area contributed by atoms with E-state index in [9.17, 15) is 4.39 Å². The van der Waals surface area contributed by atoms with Crippen molar-refractivity contribution in [2.24, 2.45) is 5.73 Å². The van der Waals surface area contributed by atoms with Crippen molar-refractivity contribution in [3.8, 4) is 0 Å². The van der Waals surface area contributed by atoms with Crippen molar-refractivity contribution in [3.63, 3.8) is 0 Å². The first-order valence-electron chi connectivity index (χ1n) is 6.60. The fourth-order valence-corrected chi connectivity index (χ4v) is 2.75. The minimum Gasteiger partial charge on any atom is -0.320 e. The highest BCUT2D eigenvalue weighted by molar-refractivity contribution is 9.10.